The lowest BCUT2D eigenvalue weighted by Crippen LogP contribution is -2.68. The number of ether oxygens (including phenoxy) is 3. The number of likely N-dealkylation sites (N-methyl/N-ethyl adjacent to an activating group) is 2. The molecule has 5 atom stereocenters. The summed E-state index contributed by atoms with van der Waals surface area (Å²) in [4.78, 5) is 29.9. The molecule has 2 aromatic rings. The molecule has 38 heavy (non-hydrogen) atoms. The fraction of sp³-hybridized carbons (Fsp3) is 0.517. The average molecular weight is 559 g/mol. The van der Waals surface area contributed by atoms with Crippen molar-refractivity contribution in [2.75, 3.05) is 27.7 Å². The van der Waals surface area contributed by atoms with Crippen LogP contribution in [0.25, 0.3) is 0 Å². The molecule has 0 radical (unpaired) electrons. The minimum absolute atomic E-state index is 0.0101. The zero-order chi connectivity index (χ0) is 26.9. The standard InChI is InChI=1S/C29H32Cl2N2O5/c1-15(34)37-23-14-24(36-4)27-26-17(23)13-22-18-6-8-21(28(38-27)29(18,26)9-10-32(22)2)33(3)25(35)12-16-5-7-19(30)20(31)11-16/h5,7,11,14,18,21-22,28H,6,8-10,12-13H2,1-4H3/t18-,21+,22+,28-,29-/m0/s1. The molecule has 7 nitrogen and oxygen atoms in total. The molecule has 2 heterocycles. The molecule has 1 spiro atoms. The Morgan fingerprint density at radius 3 is 2.68 bits per heavy atom. The van der Waals surface area contributed by atoms with Gasteiger partial charge in [0.2, 0.25) is 5.91 Å². The summed E-state index contributed by atoms with van der Waals surface area (Å²) in [6.07, 6.45) is 3.57. The maximum Gasteiger partial charge on any atom is 0.308 e. The molecule has 202 valence electrons. The van der Waals surface area contributed by atoms with Gasteiger partial charge in [-0.15, -0.1) is 0 Å². The van der Waals surface area contributed by atoms with Crippen molar-refractivity contribution in [3.63, 3.8) is 0 Å². The van der Waals surface area contributed by atoms with Crippen LogP contribution in [0.4, 0.5) is 0 Å². The van der Waals surface area contributed by atoms with E-state index in [1.807, 2.05) is 18.0 Å². The molecule has 0 N–H and O–H groups in total. The quantitative estimate of drug-likeness (QED) is 0.392. The first-order valence-electron chi connectivity index (χ1n) is 13.1. The summed E-state index contributed by atoms with van der Waals surface area (Å²) < 4.78 is 18.3. The van der Waals surface area contributed by atoms with Gasteiger partial charge in [0.15, 0.2) is 11.5 Å². The molecule has 2 bridgehead atoms. The molecule has 1 saturated carbocycles. The predicted octanol–water partition coefficient (Wildman–Crippen LogP) is 4.67. The zero-order valence-corrected chi connectivity index (χ0v) is 23.6. The third-order valence-electron chi connectivity index (χ3n) is 9.34. The van der Waals surface area contributed by atoms with Gasteiger partial charge in [0, 0.05) is 42.6 Å². The van der Waals surface area contributed by atoms with Crippen molar-refractivity contribution in [3.8, 4) is 17.2 Å². The van der Waals surface area contributed by atoms with Gasteiger partial charge in [0.25, 0.3) is 0 Å². The zero-order valence-electron chi connectivity index (χ0n) is 22.1. The number of likely N-dealkylation sites (tertiary alicyclic amines) is 1. The fourth-order valence-electron chi connectivity index (χ4n) is 7.68. The number of methoxy groups -OCH3 is 1. The highest BCUT2D eigenvalue weighted by atomic mass is 35.5. The van der Waals surface area contributed by atoms with Crippen LogP contribution in [-0.4, -0.2) is 67.6 Å². The van der Waals surface area contributed by atoms with Crippen molar-refractivity contribution in [3.05, 3.63) is 51.0 Å². The Kier molecular flexibility index (Phi) is 6.32. The molecular weight excluding hydrogens is 527 g/mol. The lowest BCUT2D eigenvalue weighted by atomic mass is 9.51. The molecule has 9 heteroatoms. The summed E-state index contributed by atoms with van der Waals surface area (Å²) in [6, 6.07) is 7.31. The van der Waals surface area contributed by atoms with E-state index in [0.717, 1.165) is 54.7 Å². The highest BCUT2D eigenvalue weighted by Gasteiger charge is 2.66. The first-order chi connectivity index (χ1) is 18.1. The van der Waals surface area contributed by atoms with Crippen LogP contribution < -0.4 is 14.2 Å². The van der Waals surface area contributed by atoms with Crippen molar-refractivity contribution in [2.45, 2.75) is 62.6 Å². The van der Waals surface area contributed by atoms with Gasteiger partial charge in [-0.05, 0) is 62.9 Å². The summed E-state index contributed by atoms with van der Waals surface area (Å²) in [5.74, 6) is 1.91. The second-order valence-electron chi connectivity index (χ2n) is 11.1. The number of amides is 1. The van der Waals surface area contributed by atoms with Gasteiger partial charge in [0.05, 0.1) is 29.6 Å². The largest absolute Gasteiger partial charge is 0.493 e. The minimum atomic E-state index is -0.356. The number of esters is 1. The fourth-order valence-corrected chi connectivity index (χ4v) is 8.00. The van der Waals surface area contributed by atoms with Crippen molar-refractivity contribution >= 4 is 35.1 Å². The number of nitrogens with zero attached hydrogens (tertiary/aromatic N) is 2. The van der Waals surface area contributed by atoms with E-state index in [2.05, 4.69) is 11.9 Å². The number of rotatable bonds is 5. The number of hydrogen-bond acceptors (Lipinski definition) is 6. The number of carbonyl (C=O) groups is 2. The summed E-state index contributed by atoms with van der Waals surface area (Å²) in [7, 11) is 5.68. The maximum absolute atomic E-state index is 13.6. The molecule has 0 unspecified atom stereocenters. The minimum Gasteiger partial charge on any atom is -0.493 e. The first kappa shape index (κ1) is 25.8. The second-order valence-corrected chi connectivity index (χ2v) is 11.9. The third kappa shape index (κ3) is 3.73. The van der Waals surface area contributed by atoms with Crippen LogP contribution >= 0.6 is 23.2 Å². The highest BCUT2D eigenvalue weighted by Crippen LogP contribution is 2.65. The van der Waals surface area contributed by atoms with Crippen LogP contribution in [0.15, 0.2) is 24.3 Å². The van der Waals surface area contributed by atoms with E-state index in [4.69, 9.17) is 37.4 Å². The van der Waals surface area contributed by atoms with Gasteiger partial charge in [-0.1, -0.05) is 29.3 Å². The molecule has 2 aliphatic heterocycles. The van der Waals surface area contributed by atoms with Gasteiger partial charge < -0.3 is 24.0 Å². The number of halogens is 2. The monoisotopic (exact) mass is 558 g/mol. The summed E-state index contributed by atoms with van der Waals surface area (Å²) >= 11 is 12.3. The molecule has 2 aliphatic carbocycles. The van der Waals surface area contributed by atoms with Crippen LogP contribution in [0.1, 0.15) is 42.9 Å². The van der Waals surface area contributed by atoms with Gasteiger partial charge in [-0.2, -0.15) is 0 Å². The van der Waals surface area contributed by atoms with Crippen molar-refractivity contribution in [1.29, 1.82) is 0 Å². The van der Waals surface area contributed by atoms with E-state index in [0.29, 0.717) is 33.5 Å². The molecule has 1 amide bonds. The SMILES string of the molecule is COc1cc(OC(C)=O)c2c3c1O[C@H]1[C@H](N(C)C(=O)Cc4ccc(Cl)c(Cl)c4)CC[C@H]4[C@@H](C2)N(C)CC[C@@]341. The molecule has 0 aromatic heterocycles. The van der Waals surface area contributed by atoms with Crippen LogP contribution in [0.5, 0.6) is 17.2 Å². The smallest absolute Gasteiger partial charge is 0.308 e. The van der Waals surface area contributed by atoms with Gasteiger partial charge >= 0.3 is 5.97 Å². The summed E-state index contributed by atoms with van der Waals surface area (Å²) in [6.45, 7) is 2.36. The number of piperidine rings is 1. The van der Waals surface area contributed by atoms with Crippen LogP contribution in [0, 0.1) is 5.92 Å². The number of hydrogen-bond donors (Lipinski definition) is 0. The lowest BCUT2D eigenvalue weighted by Gasteiger charge is -2.59. The molecule has 2 fully saturated rings. The highest BCUT2D eigenvalue weighted by molar-refractivity contribution is 6.42. The summed E-state index contributed by atoms with van der Waals surface area (Å²) in [5, 5.41) is 0.911. The van der Waals surface area contributed by atoms with E-state index >= 15 is 0 Å². The van der Waals surface area contributed by atoms with Crippen LogP contribution in [0.3, 0.4) is 0 Å². The van der Waals surface area contributed by atoms with Crippen molar-refractivity contribution in [2.24, 2.45) is 5.92 Å². The Hall–Kier alpha value is -2.48. The Morgan fingerprint density at radius 1 is 1.18 bits per heavy atom. The van der Waals surface area contributed by atoms with E-state index in [1.165, 1.54) is 6.92 Å². The molecule has 4 aliphatic rings. The summed E-state index contributed by atoms with van der Waals surface area (Å²) in [5.41, 5.74) is 2.72. The Balaban J connectivity index is 1.40. The van der Waals surface area contributed by atoms with E-state index in [9.17, 15) is 9.59 Å². The number of carbonyl (C=O) groups excluding carboxylic acids is 2. The van der Waals surface area contributed by atoms with Crippen LogP contribution in [-0.2, 0) is 27.8 Å². The van der Waals surface area contributed by atoms with E-state index in [1.54, 1.807) is 25.3 Å². The normalized spacial score (nSPS) is 28.8. The van der Waals surface area contributed by atoms with E-state index in [-0.39, 0.29) is 35.9 Å². The predicted molar refractivity (Wildman–Crippen MR) is 145 cm³/mol. The lowest BCUT2D eigenvalue weighted by molar-refractivity contribution is -0.139. The average Bonchev–Trinajstić information content (AvgIpc) is 3.22. The molecule has 1 saturated heterocycles. The molecule has 2 aromatic carbocycles. The Labute approximate surface area is 232 Å². The van der Waals surface area contributed by atoms with E-state index < -0.39 is 0 Å². The Bertz CT molecular complexity index is 1330. The van der Waals surface area contributed by atoms with Crippen molar-refractivity contribution in [1.82, 2.24) is 9.80 Å². The molecule has 6 rings (SSSR count). The van der Waals surface area contributed by atoms with Gasteiger partial charge in [0.1, 0.15) is 11.9 Å². The van der Waals surface area contributed by atoms with Gasteiger partial charge in [-0.25, -0.2) is 0 Å². The Morgan fingerprint density at radius 2 is 1.97 bits per heavy atom. The maximum atomic E-state index is 13.6. The first-order valence-corrected chi connectivity index (χ1v) is 13.9. The van der Waals surface area contributed by atoms with Gasteiger partial charge in [-0.3, -0.25) is 9.59 Å². The molecular formula is C29H32Cl2N2O5. The van der Waals surface area contributed by atoms with Crippen molar-refractivity contribution < 1.29 is 23.8 Å². The topological polar surface area (TPSA) is 68.3 Å². The van der Waals surface area contributed by atoms with Crippen LogP contribution in [0.2, 0.25) is 10.0 Å². The third-order valence-corrected chi connectivity index (χ3v) is 10.1. The second kappa shape index (κ2) is 9.32. The number of benzene rings is 2.